The number of hydrogen-bond donors (Lipinski definition) is 2. The van der Waals surface area contributed by atoms with Crippen molar-refractivity contribution in [3.05, 3.63) is 88.2 Å². The lowest BCUT2D eigenvalue weighted by Crippen LogP contribution is -2.24. The van der Waals surface area contributed by atoms with Crippen molar-refractivity contribution < 1.29 is 22.3 Å². The molecule has 0 aromatic heterocycles. The van der Waals surface area contributed by atoms with Crippen LogP contribution in [0.15, 0.2) is 59.5 Å². The molecule has 0 heterocycles. The first kappa shape index (κ1) is 23.4. The molecule has 0 atom stereocenters. The zero-order valence-corrected chi connectivity index (χ0v) is 19.1. The Bertz CT molecular complexity index is 1250. The second kappa shape index (κ2) is 9.50. The summed E-state index contributed by atoms with van der Waals surface area (Å²) in [4.78, 5) is 12.6. The number of ether oxygens (including phenoxy) is 1. The fourth-order valence-electron chi connectivity index (χ4n) is 3.51. The van der Waals surface area contributed by atoms with E-state index in [-0.39, 0.29) is 17.0 Å². The molecule has 3 aromatic carbocycles. The van der Waals surface area contributed by atoms with Crippen molar-refractivity contribution >= 4 is 21.6 Å². The van der Waals surface area contributed by atoms with E-state index in [2.05, 4.69) is 10.0 Å². The highest BCUT2D eigenvalue weighted by Crippen LogP contribution is 2.24. The first-order valence-electron chi connectivity index (χ1n) is 9.92. The topological polar surface area (TPSA) is 84.5 Å². The molecule has 0 radical (unpaired) electrons. The fraction of sp³-hybridized carbons (Fsp3) is 0.208. The minimum absolute atomic E-state index is 0.0208. The van der Waals surface area contributed by atoms with Crippen LogP contribution in [0.2, 0.25) is 0 Å². The van der Waals surface area contributed by atoms with Gasteiger partial charge < -0.3 is 10.1 Å². The lowest BCUT2D eigenvalue weighted by Gasteiger charge is -2.14. The van der Waals surface area contributed by atoms with Gasteiger partial charge in [0.05, 0.1) is 17.6 Å². The molecule has 168 valence electrons. The standard InChI is InChI=1S/C24H25FN2O4S/c1-15-11-16(2)23(17(3)12-15)27-24(28)20-13-19(9-10-21(20)25)32(29,30)26-14-18-7-5-6-8-22(18)31-4/h5-13,26H,14H2,1-4H3,(H,27,28). The van der Waals surface area contributed by atoms with E-state index in [0.717, 1.165) is 34.9 Å². The second-order valence-corrected chi connectivity index (χ2v) is 9.27. The van der Waals surface area contributed by atoms with Crippen molar-refractivity contribution in [1.82, 2.24) is 4.72 Å². The Labute approximate surface area is 187 Å². The van der Waals surface area contributed by atoms with Gasteiger partial charge in [0.2, 0.25) is 10.0 Å². The molecule has 3 rings (SSSR count). The summed E-state index contributed by atoms with van der Waals surface area (Å²) in [6.07, 6.45) is 0. The van der Waals surface area contributed by atoms with E-state index in [4.69, 9.17) is 4.74 Å². The lowest BCUT2D eigenvalue weighted by molar-refractivity contribution is 0.102. The average Bonchev–Trinajstić information content (AvgIpc) is 2.75. The average molecular weight is 457 g/mol. The molecule has 8 heteroatoms. The molecule has 0 aliphatic heterocycles. The highest BCUT2D eigenvalue weighted by Gasteiger charge is 2.21. The Kier molecular flexibility index (Phi) is 6.96. The van der Waals surface area contributed by atoms with E-state index in [1.165, 1.54) is 7.11 Å². The van der Waals surface area contributed by atoms with Crippen LogP contribution in [0.1, 0.15) is 32.6 Å². The minimum atomic E-state index is -4.00. The van der Waals surface area contributed by atoms with Crippen LogP contribution >= 0.6 is 0 Å². The van der Waals surface area contributed by atoms with Crippen LogP contribution in [0, 0.1) is 26.6 Å². The summed E-state index contributed by atoms with van der Waals surface area (Å²) >= 11 is 0. The van der Waals surface area contributed by atoms with E-state index in [1.54, 1.807) is 24.3 Å². The van der Waals surface area contributed by atoms with Gasteiger partial charge in [0.1, 0.15) is 11.6 Å². The highest BCUT2D eigenvalue weighted by atomic mass is 32.2. The first-order valence-corrected chi connectivity index (χ1v) is 11.4. The summed E-state index contributed by atoms with van der Waals surface area (Å²) in [7, 11) is -2.51. The first-order chi connectivity index (χ1) is 15.1. The number of nitrogens with one attached hydrogen (secondary N) is 2. The molecule has 0 saturated carbocycles. The number of rotatable bonds is 7. The van der Waals surface area contributed by atoms with Crippen molar-refractivity contribution in [3.63, 3.8) is 0 Å². The number of amides is 1. The summed E-state index contributed by atoms with van der Waals surface area (Å²) in [5.41, 5.74) is 3.56. The van der Waals surface area contributed by atoms with Crippen LogP contribution in [-0.2, 0) is 16.6 Å². The quantitative estimate of drug-likeness (QED) is 0.549. The zero-order chi connectivity index (χ0) is 23.5. The maximum atomic E-state index is 14.4. The predicted octanol–water partition coefficient (Wildman–Crippen LogP) is 4.49. The van der Waals surface area contributed by atoms with Gasteiger partial charge in [-0.05, 0) is 56.2 Å². The number of carbonyl (C=O) groups excluding carboxylic acids is 1. The number of para-hydroxylation sites is 1. The summed E-state index contributed by atoms with van der Waals surface area (Å²) in [5, 5.41) is 2.70. The molecule has 0 saturated heterocycles. The molecule has 32 heavy (non-hydrogen) atoms. The molecule has 0 aliphatic carbocycles. The van der Waals surface area contributed by atoms with Crippen molar-refractivity contribution in [2.75, 3.05) is 12.4 Å². The molecule has 6 nitrogen and oxygen atoms in total. The molecule has 0 unspecified atom stereocenters. The van der Waals surface area contributed by atoms with Gasteiger partial charge in [-0.1, -0.05) is 35.9 Å². The van der Waals surface area contributed by atoms with Gasteiger partial charge in [-0.2, -0.15) is 0 Å². The smallest absolute Gasteiger partial charge is 0.258 e. The number of hydrogen-bond acceptors (Lipinski definition) is 4. The highest BCUT2D eigenvalue weighted by molar-refractivity contribution is 7.89. The van der Waals surface area contributed by atoms with Gasteiger partial charge in [-0.15, -0.1) is 0 Å². The summed E-state index contributed by atoms with van der Waals surface area (Å²) in [5.74, 6) is -0.994. The molecule has 3 aromatic rings. The molecular weight excluding hydrogens is 431 g/mol. The van der Waals surface area contributed by atoms with Crippen molar-refractivity contribution in [2.45, 2.75) is 32.2 Å². The van der Waals surface area contributed by atoms with Crippen LogP contribution in [0.4, 0.5) is 10.1 Å². The van der Waals surface area contributed by atoms with Gasteiger partial charge in [0.25, 0.3) is 5.91 Å². The number of carbonyl (C=O) groups is 1. The molecule has 2 N–H and O–H groups in total. The number of halogens is 1. The largest absolute Gasteiger partial charge is 0.496 e. The van der Waals surface area contributed by atoms with Crippen molar-refractivity contribution in [1.29, 1.82) is 0 Å². The monoisotopic (exact) mass is 456 g/mol. The van der Waals surface area contributed by atoms with E-state index in [1.807, 2.05) is 32.9 Å². The van der Waals surface area contributed by atoms with Crippen LogP contribution in [0.3, 0.4) is 0 Å². The Balaban J connectivity index is 1.85. The van der Waals surface area contributed by atoms with E-state index < -0.39 is 21.7 Å². The van der Waals surface area contributed by atoms with E-state index in [0.29, 0.717) is 17.0 Å². The van der Waals surface area contributed by atoms with Crippen LogP contribution in [-0.4, -0.2) is 21.4 Å². The van der Waals surface area contributed by atoms with Crippen LogP contribution < -0.4 is 14.8 Å². The number of methoxy groups -OCH3 is 1. The van der Waals surface area contributed by atoms with Gasteiger partial charge in [-0.25, -0.2) is 17.5 Å². The second-order valence-electron chi connectivity index (χ2n) is 7.51. The van der Waals surface area contributed by atoms with Gasteiger partial charge >= 0.3 is 0 Å². The van der Waals surface area contributed by atoms with E-state index in [9.17, 15) is 17.6 Å². The third kappa shape index (κ3) is 5.15. The summed E-state index contributed by atoms with van der Waals surface area (Å²) in [6.45, 7) is 5.61. The van der Waals surface area contributed by atoms with Crippen molar-refractivity contribution in [3.8, 4) is 5.75 Å². The Hall–Kier alpha value is -3.23. The zero-order valence-electron chi connectivity index (χ0n) is 18.3. The number of anilines is 1. The maximum absolute atomic E-state index is 14.4. The normalized spacial score (nSPS) is 11.3. The molecule has 0 fully saturated rings. The van der Waals surface area contributed by atoms with Crippen LogP contribution in [0.25, 0.3) is 0 Å². The summed E-state index contributed by atoms with van der Waals surface area (Å²) in [6, 6.07) is 13.9. The third-order valence-corrected chi connectivity index (χ3v) is 6.45. The number of benzene rings is 3. The molecule has 1 amide bonds. The van der Waals surface area contributed by atoms with Gasteiger partial charge in [0, 0.05) is 17.8 Å². The van der Waals surface area contributed by atoms with Crippen molar-refractivity contribution in [2.24, 2.45) is 0 Å². The number of sulfonamides is 1. The van der Waals surface area contributed by atoms with Gasteiger partial charge in [0.15, 0.2) is 0 Å². The molecular formula is C24H25FN2O4S. The van der Waals surface area contributed by atoms with Crippen LogP contribution in [0.5, 0.6) is 5.75 Å². The minimum Gasteiger partial charge on any atom is -0.496 e. The fourth-order valence-corrected chi connectivity index (χ4v) is 4.54. The number of aryl methyl sites for hydroxylation is 3. The van der Waals surface area contributed by atoms with Gasteiger partial charge in [-0.3, -0.25) is 4.79 Å². The Morgan fingerprint density at radius 2 is 1.66 bits per heavy atom. The van der Waals surface area contributed by atoms with E-state index >= 15 is 0 Å². The molecule has 0 spiro atoms. The summed E-state index contributed by atoms with van der Waals surface area (Å²) < 4.78 is 47.7. The Morgan fingerprint density at radius 1 is 1.00 bits per heavy atom. The predicted molar refractivity (Wildman–Crippen MR) is 122 cm³/mol. The Morgan fingerprint density at radius 3 is 2.31 bits per heavy atom. The molecule has 0 bridgehead atoms. The molecule has 0 aliphatic rings. The lowest BCUT2D eigenvalue weighted by atomic mass is 10.0. The maximum Gasteiger partial charge on any atom is 0.258 e. The third-order valence-electron chi connectivity index (χ3n) is 5.05. The SMILES string of the molecule is COc1ccccc1CNS(=O)(=O)c1ccc(F)c(C(=O)Nc2c(C)cc(C)cc2C)c1.